The molecule has 50 heavy (non-hydrogen) atoms. The Morgan fingerprint density at radius 1 is 0.900 bits per heavy atom. The van der Waals surface area contributed by atoms with E-state index in [0.29, 0.717) is 30.3 Å². The number of carbonyl (C=O) groups excluding carboxylic acids is 1. The molecule has 0 amide bonds. The number of piperidine rings is 1. The number of pyridine rings is 1. The van der Waals surface area contributed by atoms with Gasteiger partial charge in [-0.2, -0.15) is 0 Å². The van der Waals surface area contributed by atoms with Crippen LogP contribution in [0.25, 0.3) is 27.4 Å². The summed E-state index contributed by atoms with van der Waals surface area (Å²) in [5.41, 5.74) is 6.07. The average molecular weight is 705 g/mol. The van der Waals surface area contributed by atoms with E-state index < -0.39 is 28.6 Å². The van der Waals surface area contributed by atoms with Gasteiger partial charge in [0.2, 0.25) is 5.76 Å². The quantitative estimate of drug-likeness (QED) is 0.170. The maximum absolute atomic E-state index is 12.6. The molecule has 0 saturated carbocycles. The molecule has 0 bridgehead atoms. The Bertz CT molecular complexity index is 2310. The van der Waals surface area contributed by atoms with Gasteiger partial charge in [0.15, 0.2) is 16.6 Å². The van der Waals surface area contributed by atoms with Crippen LogP contribution in [0.3, 0.4) is 0 Å². The Kier molecular flexibility index (Phi) is 11.4. The van der Waals surface area contributed by atoms with E-state index in [-0.39, 0.29) is 63.9 Å². The number of carbonyl (C=O) groups is 3. The second kappa shape index (κ2) is 15.4. The number of nitrogens with zero attached hydrogens (tertiary/aromatic N) is 2. The fraction of sp³-hybridized carbons (Fsp3) is 0.289. The minimum absolute atomic E-state index is 0. The summed E-state index contributed by atoms with van der Waals surface area (Å²) >= 11 is 1.59. The zero-order chi connectivity index (χ0) is 35.0. The number of carboxylic acid groups (broad SMARTS) is 2. The first-order valence-electron chi connectivity index (χ1n) is 16.3. The number of aromatic nitrogens is 1. The monoisotopic (exact) mass is 704 g/mol. The number of ketones is 1. The van der Waals surface area contributed by atoms with Crippen LogP contribution in [-0.2, 0) is 19.4 Å². The van der Waals surface area contributed by atoms with Crippen molar-refractivity contribution in [3.05, 3.63) is 119 Å². The molecular formula is C38H37N2NaO8S. The molecule has 1 fully saturated rings. The summed E-state index contributed by atoms with van der Waals surface area (Å²) < 4.78 is 6.94. The van der Waals surface area contributed by atoms with Gasteiger partial charge in [-0.05, 0) is 67.4 Å². The van der Waals surface area contributed by atoms with Crippen LogP contribution in [0.4, 0.5) is 0 Å². The van der Waals surface area contributed by atoms with Crippen molar-refractivity contribution >= 4 is 86.1 Å². The van der Waals surface area contributed by atoms with Gasteiger partial charge in [-0.25, -0.2) is 9.59 Å². The molecular weight excluding hydrogens is 667 g/mol. The van der Waals surface area contributed by atoms with Gasteiger partial charge < -0.3 is 24.1 Å². The van der Waals surface area contributed by atoms with Crippen LogP contribution in [0.5, 0.6) is 0 Å². The van der Waals surface area contributed by atoms with Crippen molar-refractivity contribution < 1.29 is 29.0 Å². The topological polar surface area (TPSA) is 147 Å². The number of likely N-dealkylation sites (tertiary alicyclic amines) is 1. The van der Waals surface area contributed by atoms with Crippen molar-refractivity contribution in [1.82, 2.24) is 9.47 Å². The SMILES string of the molecule is CCCc1c2oc(C(=O)O)cc(=O)c2cc2c(=O)cc(C(=O)O)n(CC)c12.CN1CCC(=C2c3ccccc3CC(=O)c3sccc32)CC1.[NaH]. The fourth-order valence-corrected chi connectivity index (χ4v) is 7.74. The summed E-state index contributed by atoms with van der Waals surface area (Å²) in [6.07, 6.45) is 3.72. The Hall–Kier alpha value is -4.13. The summed E-state index contributed by atoms with van der Waals surface area (Å²) in [6.45, 7) is 6.09. The molecule has 1 aliphatic carbocycles. The first-order chi connectivity index (χ1) is 23.5. The van der Waals surface area contributed by atoms with Crippen LogP contribution >= 0.6 is 11.3 Å². The summed E-state index contributed by atoms with van der Waals surface area (Å²) in [7, 11) is 2.18. The number of carboxylic acids is 2. The predicted octanol–water partition coefficient (Wildman–Crippen LogP) is 5.84. The van der Waals surface area contributed by atoms with Gasteiger partial charge >= 0.3 is 41.5 Å². The molecule has 7 rings (SSSR count). The first kappa shape index (κ1) is 37.1. The van der Waals surface area contributed by atoms with Gasteiger partial charge in [0, 0.05) is 54.7 Å². The second-order valence-corrected chi connectivity index (χ2v) is 13.2. The van der Waals surface area contributed by atoms with E-state index >= 15 is 0 Å². The van der Waals surface area contributed by atoms with Crippen LogP contribution in [0.15, 0.2) is 73.5 Å². The molecule has 0 spiro atoms. The molecule has 2 N–H and O–H groups in total. The number of rotatable bonds is 5. The number of aryl methyl sites for hydroxylation is 2. The van der Waals surface area contributed by atoms with E-state index in [1.54, 1.807) is 18.3 Å². The summed E-state index contributed by atoms with van der Waals surface area (Å²) in [5.74, 6) is -2.88. The van der Waals surface area contributed by atoms with E-state index in [2.05, 4.69) is 41.6 Å². The molecule has 254 valence electrons. The minimum atomic E-state index is -1.39. The van der Waals surface area contributed by atoms with Crippen LogP contribution in [-0.4, -0.2) is 87.1 Å². The Morgan fingerprint density at radius 3 is 2.26 bits per heavy atom. The summed E-state index contributed by atoms with van der Waals surface area (Å²) in [6, 6.07) is 13.8. The molecule has 2 aromatic carbocycles. The molecule has 3 aromatic heterocycles. The molecule has 4 heterocycles. The van der Waals surface area contributed by atoms with Crippen molar-refractivity contribution in [2.45, 2.75) is 52.5 Å². The third kappa shape index (κ3) is 6.93. The zero-order valence-electron chi connectivity index (χ0n) is 27.5. The van der Waals surface area contributed by atoms with Gasteiger partial charge in [0.1, 0.15) is 11.3 Å². The fourth-order valence-electron chi connectivity index (χ4n) is 6.89. The number of fused-ring (bicyclic) bond motifs is 4. The number of hydrogen-bond donors (Lipinski definition) is 2. The van der Waals surface area contributed by atoms with Crippen LogP contribution < -0.4 is 10.9 Å². The van der Waals surface area contributed by atoms with E-state index in [4.69, 9.17) is 4.42 Å². The van der Waals surface area contributed by atoms with E-state index in [1.165, 1.54) is 38.5 Å². The Balaban J connectivity index is 0.000000194. The molecule has 0 unspecified atom stereocenters. The molecule has 10 nitrogen and oxygen atoms in total. The van der Waals surface area contributed by atoms with Crippen molar-refractivity contribution in [1.29, 1.82) is 0 Å². The summed E-state index contributed by atoms with van der Waals surface area (Å²) in [5, 5.41) is 21.0. The number of aromatic carboxylic acids is 2. The molecule has 1 aliphatic heterocycles. The normalized spacial score (nSPS) is 14.3. The average Bonchev–Trinajstić information content (AvgIpc) is 3.52. The number of benzene rings is 2. The molecule has 1 saturated heterocycles. The molecule has 0 atom stereocenters. The number of hydrogen-bond acceptors (Lipinski definition) is 8. The number of Topliss-reactive ketones (excluding diaryl/α,β-unsaturated/α-hetero) is 1. The third-order valence-corrected chi connectivity index (χ3v) is 10.2. The van der Waals surface area contributed by atoms with Crippen LogP contribution in [0.2, 0.25) is 0 Å². The predicted molar refractivity (Wildman–Crippen MR) is 197 cm³/mol. The molecule has 2 aliphatic rings. The maximum atomic E-state index is 12.6. The second-order valence-electron chi connectivity index (χ2n) is 12.3. The van der Waals surface area contributed by atoms with Crippen LogP contribution in [0.1, 0.15) is 86.1 Å². The first-order valence-corrected chi connectivity index (χ1v) is 17.2. The Labute approximate surface area is 313 Å². The van der Waals surface area contributed by atoms with Gasteiger partial charge in [0.25, 0.3) is 0 Å². The number of thiophene rings is 1. The molecule has 12 heteroatoms. The van der Waals surface area contributed by atoms with Crippen molar-refractivity contribution in [3.8, 4) is 0 Å². The third-order valence-electron chi connectivity index (χ3n) is 9.20. The zero-order valence-corrected chi connectivity index (χ0v) is 28.3. The van der Waals surface area contributed by atoms with Crippen molar-refractivity contribution in [2.24, 2.45) is 0 Å². The van der Waals surface area contributed by atoms with E-state index in [9.17, 15) is 34.2 Å². The molecule has 0 radical (unpaired) electrons. The van der Waals surface area contributed by atoms with Gasteiger partial charge in [-0.1, -0.05) is 43.2 Å². The molecule has 5 aromatic rings. The van der Waals surface area contributed by atoms with Gasteiger partial charge in [-0.15, -0.1) is 11.3 Å². The summed E-state index contributed by atoms with van der Waals surface area (Å²) in [4.78, 5) is 63.8. The standard InChI is InChI=1S/C19H17NO7.C19H19NOS.Na.H/c1-3-5-9-16-10(13(21)7-12(18(23)24)20(16)4-2)6-11-14(22)8-15(19(25)26)27-17(9)11;1-20-9-6-13(7-10-20)18-15-5-3-2-4-14(15)12-17(21)19-16(18)8-11-22-19;;/h6-8H,3-5H2,1-2H3,(H,23,24)(H,25,26);2-5,8,11H,6-7,9-10,12H2,1H3;;. The van der Waals surface area contributed by atoms with Gasteiger partial charge in [-0.3, -0.25) is 14.4 Å². The van der Waals surface area contributed by atoms with Gasteiger partial charge in [0.05, 0.1) is 15.8 Å². The van der Waals surface area contributed by atoms with E-state index in [0.717, 1.165) is 42.9 Å². The van der Waals surface area contributed by atoms with E-state index in [1.807, 2.05) is 13.0 Å². The van der Waals surface area contributed by atoms with Crippen LogP contribution in [0, 0.1) is 0 Å². The Morgan fingerprint density at radius 2 is 1.60 bits per heavy atom. The van der Waals surface area contributed by atoms with Crippen molar-refractivity contribution in [2.75, 3.05) is 20.1 Å². The van der Waals surface area contributed by atoms with Crippen molar-refractivity contribution in [3.63, 3.8) is 0 Å².